The molecule has 3 rings (SSSR count). The van der Waals surface area contributed by atoms with E-state index >= 15 is 0 Å². The number of carbonyl (C=O) groups excluding carboxylic acids is 1. The number of aromatic nitrogens is 4. The molecule has 1 aliphatic heterocycles. The van der Waals surface area contributed by atoms with Gasteiger partial charge in [0.2, 0.25) is 5.91 Å². The third kappa shape index (κ3) is 5.37. The predicted molar refractivity (Wildman–Crippen MR) is 112 cm³/mol. The number of nitrogens with one attached hydrogen (secondary N) is 1. The molecule has 0 aromatic carbocycles. The topological polar surface area (TPSA) is 84.6 Å². The Morgan fingerprint density at radius 2 is 1.78 bits per heavy atom. The van der Waals surface area contributed by atoms with E-state index in [0.717, 1.165) is 17.6 Å². The number of hydrogen-bond donors (Lipinski definition) is 1. The standard InChI is InChI=1S/C21H31F3N6O2/c1-12-9-29(10-13(2)32-12)20(5,6)11-25-17(31)8-7-16-14(3)26-19-27-18(21(22,23)24)28-30(19)15(16)4/h12-13H,7-11H2,1-6H3,(H,25,31)/t12-,13-/m0/s1. The van der Waals surface area contributed by atoms with E-state index in [4.69, 9.17) is 4.74 Å². The molecule has 0 saturated carbocycles. The smallest absolute Gasteiger partial charge is 0.373 e. The van der Waals surface area contributed by atoms with Crippen LogP contribution in [0.2, 0.25) is 0 Å². The fourth-order valence-corrected chi connectivity index (χ4v) is 4.12. The third-order valence-electron chi connectivity index (χ3n) is 5.90. The average molecular weight is 457 g/mol. The van der Waals surface area contributed by atoms with Crippen LogP contribution in [0.1, 0.15) is 56.9 Å². The number of aryl methyl sites for hydroxylation is 2. The zero-order chi connectivity index (χ0) is 23.8. The van der Waals surface area contributed by atoms with Crippen molar-refractivity contribution in [1.82, 2.24) is 29.8 Å². The van der Waals surface area contributed by atoms with Gasteiger partial charge < -0.3 is 10.1 Å². The summed E-state index contributed by atoms with van der Waals surface area (Å²) in [5.41, 5.74) is 1.50. The number of nitrogens with zero attached hydrogens (tertiary/aromatic N) is 5. The van der Waals surface area contributed by atoms with Crippen LogP contribution in [0.15, 0.2) is 0 Å². The summed E-state index contributed by atoms with van der Waals surface area (Å²) in [7, 11) is 0. The van der Waals surface area contributed by atoms with Gasteiger partial charge in [-0.2, -0.15) is 18.2 Å². The van der Waals surface area contributed by atoms with Gasteiger partial charge in [0.15, 0.2) is 0 Å². The third-order valence-corrected chi connectivity index (χ3v) is 5.90. The zero-order valence-electron chi connectivity index (χ0n) is 19.4. The molecule has 0 unspecified atom stereocenters. The number of ether oxygens (including phenoxy) is 1. The molecule has 0 aliphatic carbocycles. The van der Waals surface area contributed by atoms with Crippen molar-refractivity contribution in [3.05, 3.63) is 22.8 Å². The molecule has 1 aliphatic rings. The highest BCUT2D eigenvalue weighted by atomic mass is 19.4. The highest BCUT2D eigenvalue weighted by Crippen LogP contribution is 2.27. The Balaban J connectivity index is 1.63. The molecule has 1 amide bonds. The molecule has 32 heavy (non-hydrogen) atoms. The Bertz CT molecular complexity index is 978. The molecule has 8 nitrogen and oxygen atoms in total. The number of hydrogen-bond acceptors (Lipinski definition) is 6. The van der Waals surface area contributed by atoms with Crippen LogP contribution in [0.3, 0.4) is 0 Å². The number of fused-ring (bicyclic) bond motifs is 1. The van der Waals surface area contributed by atoms with Crippen molar-refractivity contribution >= 4 is 11.7 Å². The summed E-state index contributed by atoms with van der Waals surface area (Å²) in [6.07, 6.45) is -3.83. The Kier molecular flexibility index (Phi) is 6.80. The second-order valence-electron chi connectivity index (χ2n) is 9.16. The van der Waals surface area contributed by atoms with E-state index < -0.39 is 12.0 Å². The molecule has 1 N–H and O–H groups in total. The quantitative estimate of drug-likeness (QED) is 0.720. The van der Waals surface area contributed by atoms with Crippen LogP contribution in [-0.2, 0) is 22.1 Å². The Morgan fingerprint density at radius 1 is 1.16 bits per heavy atom. The first kappa shape index (κ1) is 24.4. The number of halogens is 3. The molecule has 2 aromatic rings. The van der Waals surface area contributed by atoms with Crippen LogP contribution >= 0.6 is 0 Å². The van der Waals surface area contributed by atoms with E-state index in [0.29, 0.717) is 29.9 Å². The lowest BCUT2D eigenvalue weighted by atomic mass is 9.99. The summed E-state index contributed by atoms with van der Waals surface area (Å²) in [6.45, 7) is 13.7. The van der Waals surface area contributed by atoms with Crippen LogP contribution in [0.25, 0.3) is 5.78 Å². The van der Waals surface area contributed by atoms with Gasteiger partial charge in [0.05, 0.1) is 12.2 Å². The summed E-state index contributed by atoms with van der Waals surface area (Å²) >= 11 is 0. The molecule has 0 bridgehead atoms. The molecule has 2 atom stereocenters. The summed E-state index contributed by atoms with van der Waals surface area (Å²) in [4.78, 5) is 22.5. The molecule has 2 aromatic heterocycles. The van der Waals surface area contributed by atoms with Crippen LogP contribution in [-0.4, -0.2) is 67.8 Å². The SMILES string of the molecule is Cc1nc2nc(C(F)(F)F)nn2c(C)c1CCC(=O)NCC(C)(C)N1C[C@H](C)O[C@@H](C)C1. The predicted octanol–water partition coefficient (Wildman–Crippen LogP) is 2.70. The summed E-state index contributed by atoms with van der Waals surface area (Å²) in [5.74, 6) is -1.45. The van der Waals surface area contributed by atoms with Crippen molar-refractivity contribution in [2.24, 2.45) is 0 Å². The van der Waals surface area contributed by atoms with Gasteiger partial charge in [0, 0.05) is 43.0 Å². The average Bonchev–Trinajstić information content (AvgIpc) is 3.10. The summed E-state index contributed by atoms with van der Waals surface area (Å²) in [5, 5.41) is 6.54. The molecular formula is C21H31F3N6O2. The van der Waals surface area contributed by atoms with Gasteiger partial charge >= 0.3 is 6.18 Å². The maximum atomic E-state index is 12.9. The maximum absolute atomic E-state index is 12.9. The first-order valence-corrected chi connectivity index (χ1v) is 10.7. The minimum absolute atomic E-state index is 0.101. The summed E-state index contributed by atoms with van der Waals surface area (Å²) < 4.78 is 45.7. The van der Waals surface area contributed by atoms with E-state index in [1.54, 1.807) is 13.8 Å². The maximum Gasteiger partial charge on any atom is 0.453 e. The van der Waals surface area contributed by atoms with Crippen molar-refractivity contribution in [2.45, 2.75) is 78.3 Å². The first-order valence-electron chi connectivity index (χ1n) is 10.7. The Labute approximate surface area is 185 Å². The van der Waals surface area contributed by atoms with Crippen LogP contribution in [0.4, 0.5) is 13.2 Å². The van der Waals surface area contributed by atoms with Gasteiger partial charge in [-0.1, -0.05) is 0 Å². The molecule has 1 saturated heterocycles. The molecule has 3 heterocycles. The highest BCUT2D eigenvalue weighted by molar-refractivity contribution is 5.76. The molecule has 0 spiro atoms. The van der Waals surface area contributed by atoms with E-state index in [-0.39, 0.29) is 35.9 Å². The minimum atomic E-state index is -4.64. The number of morpholine rings is 1. The normalized spacial score (nSPS) is 20.7. The lowest BCUT2D eigenvalue weighted by Crippen LogP contribution is -2.58. The Morgan fingerprint density at radius 3 is 2.38 bits per heavy atom. The Hall–Kier alpha value is -2.27. The lowest BCUT2D eigenvalue weighted by Gasteiger charge is -2.45. The largest absolute Gasteiger partial charge is 0.453 e. The number of rotatable bonds is 6. The molecule has 11 heteroatoms. The van der Waals surface area contributed by atoms with Crippen molar-refractivity contribution in [1.29, 1.82) is 0 Å². The minimum Gasteiger partial charge on any atom is -0.373 e. The molecule has 178 valence electrons. The van der Waals surface area contributed by atoms with E-state index in [1.165, 1.54) is 0 Å². The number of alkyl halides is 3. The first-order chi connectivity index (χ1) is 14.8. The van der Waals surface area contributed by atoms with Crippen LogP contribution in [0, 0.1) is 13.8 Å². The lowest BCUT2D eigenvalue weighted by molar-refractivity contribution is -0.144. The number of amides is 1. The van der Waals surface area contributed by atoms with Gasteiger partial charge in [-0.05, 0) is 53.5 Å². The van der Waals surface area contributed by atoms with E-state index in [9.17, 15) is 18.0 Å². The van der Waals surface area contributed by atoms with E-state index in [1.807, 2.05) is 13.8 Å². The van der Waals surface area contributed by atoms with Crippen LogP contribution in [0.5, 0.6) is 0 Å². The van der Waals surface area contributed by atoms with E-state index in [2.05, 4.69) is 39.1 Å². The van der Waals surface area contributed by atoms with Gasteiger partial charge in [0.1, 0.15) is 0 Å². The molecule has 1 fully saturated rings. The molecule has 0 radical (unpaired) electrons. The fourth-order valence-electron chi connectivity index (χ4n) is 4.12. The van der Waals surface area contributed by atoms with Gasteiger partial charge in [-0.15, -0.1) is 5.10 Å². The van der Waals surface area contributed by atoms with Crippen molar-refractivity contribution < 1.29 is 22.7 Å². The van der Waals surface area contributed by atoms with Crippen LogP contribution < -0.4 is 5.32 Å². The van der Waals surface area contributed by atoms with Gasteiger partial charge in [-0.3, -0.25) is 9.69 Å². The summed E-state index contributed by atoms with van der Waals surface area (Å²) in [6, 6.07) is 0. The second-order valence-corrected chi connectivity index (χ2v) is 9.16. The fraction of sp³-hybridized carbons (Fsp3) is 0.714. The zero-order valence-corrected chi connectivity index (χ0v) is 19.4. The number of carbonyl (C=O) groups is 1. The van der Waals surface area contributed by atoms with Gasteiger partial charge in [-0.25, -0.2) is 9.50 Å². The molecular weight excluding hydrogens is 425 g/mol. The second kappa shape index (κ2) is 8.93. The van der Waals surface area contributed by atoms with Crippen molar-refractivity contribution in [2.75, 3.05) is 19.6 Å². The van der Waals surface area contributed by atoms with Crippen molar-refractivity contribution in [3.63, 3.8) is 0 Å². The highest BCUT2D eigenvalue weighted by Gasteiger charge is 2.37. The van der Waals surface area contributed by atoms with Gasteiger partial charge in [0.25, 0.3) is 11.6 Å². The monoisotopic (exact) mass is 456 g/mol. The van der Waals surface area contributed by atoms with Crippen molar-refractivity contribution in [3.8, 4) is 0 Å².